The molecular formula is C62H70O32. The van der Waals surface area contributed by atoms with E-state index >= 15 is 4.79 Å². The number of hydrogen-bond donors (Lipinski definition) is 16. The summed E-state index contributed by atoms with van der Waals surface area (Å²) in [6, 6.07) is 18.2. The first-order valence-corrected chi connectivity index (χ1v) is 29.4. The predicted molar refractivity (Wildman–Crippen MR) is 311 cm³/mol. The molecule has 0 spiro atoms. The topological polar surface area (TPSA) is 499 Å². The van der Waals surface area contributed by atoms with E-state index in [1.807, 2.05) is 0 Å². The molecule has 0 saturated carbocycles. The quantitative estimate of drug-likeness (QED) is 0.0296. The second kappa shape index (κ2) is 29.7. The molecule has 510 valence electrons. The summed E-state index contributed by atoms with van der Waals surface area (Å²) >= 11 is 0. The van der Waals surface area contributed by atoms with E-state index in [-0.39, 0.29) is 28.6 Å². The van der Waals surface area contributed by atoms with Crippen LogP contribution in [0, 0.1) is 0 Å². The number of aliphatic hydroxyl groups is 12. The molecule has 0 bridgehead atoms. The molecule has 0 radical (unpaired) electrons. The van der Waals surface area contributed by atoms with Gasteiger partial charge in [0.05, 0.1) is 18.8 Å². The van der Waals surface area contributed by atoms with Crippen molar-refractivity contribution in [3.63, 3.8) is 0 Å². The van der Waals surface area contributed by atoms with Crippen LogP contribution in [-0.4, -0.2) is 261 Å². The number of fused-ring (bicyclic) bond motifs is 1. The van der Waals surface area contributed by atoms with Crippen molar-refractivity contribution in [3.8, 4) is 45.8 Å². The van der Waals surface area contributed by atoms with E-state index in [4.69, 9.17) is 61.3 Å². The number of carbonyl (C=O) groups is 2. The Kier molecular flexibility index (Phi) is 21.9. The number of phenols is 4. The van der Waals surface area contributed by atoms with E-state index in [2.05, 4.69) is 0 Å². The van der Waals surface area contributed by atoms with Crippen molar-refractivity contribution < 1.29 is 153 Å². The van der Waals surface area contributed by atoms with Crippen LogP contribution in [0.2, 0.25) is 0 Å². The van der Waals surface area contributed by atoms with Crippen molar-refractivity contribution in [1.82, 2.24) is 0 Å². The fourth-order valence-electron chi connectivity index (χ4n) is 10.8. The minimum Gasteiger partial charge on any atom is -0.508 e. The van der Waals surface area contributed by atoms with Crippen LogP contribution in [0.1, 0.15) is 25.0 Å². The van der Waals surface area contributed by atoms with Gasteiger partial charge in [-0.05, 0) is 85.7 Å². The third-order valence-electron chi connectivity index (χ3n) is 16.1. The Morgan fingerprint density at radius 3 is 1.50 bits per heavy atom. The lowest BCUT2D eigenvalue weighted by Gasteiger charge is -2.50. The second-order valence-corrected chi connectivity index (χ2v) is 22.8. The van der Waals surface area contributed by atoms with E-state index in [1.165, 1.54) is 98.8 Å². The van der Waals surface area contributed by atoms with E-state index in [0.29, 0.717) is 11.1 Å². The molecule has 0 amide bonds. The standard InChI is InChI=1S/C62H70O32/c1-24-41(70)46(75)50(79)59(85-24)87-32-19-33(66)40-35(20-32)88-54(28-9-15-31(65)16-10-28)55(45(40)74)92-62-57(94-61-52(81)48(77)44(73)37(90-61)23-83-39(69)18-8-27-5-13-30(64)14-6-27)56(53(25(2)86-62)91-58-49(78)42(71)34(67)21-84-58)93-60-51(80)47(76)43(72)36(89-60)22-82-38(68)17-7-26-3-11-29(63)12-4-26/h3-20,24-25,34,36-37,41-44,46-53,56-67,70-73,75-81H,21-23H2,1-2H3/t24-,25-,34+,36+,37+,41-,42-,43+,44+,46+,47-,48-,49+,50+,51+,52+,53-,56+,57+,58-,59-,60-,61-,62-/m0/s1. The molecule has 0 aliphatic carbocycles. The lowest BCUT2D eigenvalue weighted by molar-refractivity contribution is -0.396. The van der Waals surface area contributed by atoms with Crippen molar-refractivity contribution in [2.75, 3.05) is 19.8 Å². The van der Waals surface area contributed by atoms with Gasteiger partial charge in [-0.15, -0.1) is 0 Å². The summed E-state index contributed by atoms with van der Waals surface area (Å²) in [6.07, 6.45) is -41.9. The normalized spacial score (nSPS) is 35.5. The zero-order valence-corrected chi connectivity index (χ0v) is 49.6. The summed E-state index contributed by atoms with van der Waals surface area (Å²) in [6.45, 7) is 0.322. The molecular weight excluding hydrogens is 1260 g/mol. The first-order chi connectivity index (χ1) is 44.7. The van der Waals surface area contributed by atoms with Gasteiger partial charge in [0.15, 0.2) is 30.7 Å². The predicted octanol–water partition coefficient (Wildman–Crippen LogP) is -2.66. The van der Waals surface area contributed by atoms with Gasteiger partial charge in [-0.1, -0.05) is 24.3 Å². The summed E-state index contributed by atoms with van der Waals surface area (Å²) in [7, 11) is 0. The van der Waals surface area contributed by atoms with E-state index in [0.717, 1.165) is 24.3 Å². The number of ether oxygens (including phenoxy) is 12. The lowest BCUT2D eigenvalue weighted by atomic mass is 9.95. The molecule has 4 aromatic carbocycles. The average molecular weight is 1330 g/mol. The van der Waals surface area contributed by atoms with Crippen molar-refractivity contribution >= 4 is 35.1 Å². The number of phenolic OH excluding ortho intramolecular Hbond substituents is 4. The number of carbonyl (C=O) groups excluding carboxylic acids is 2. The highest BCUT2D eigenvalue weighted by molar-refractivity contribution is 5.89. The minimum atomic E-state index is -2.31. The maximum absolute atomic E-state index is 15.2. The molecule has 24 atom stereocenters. The van der Waals surface area contributed by atoms with Crippen molar-refractivity contribution in [2.24, 2.45) is 0 Å². The minimum absolute atomic E-state index is 0.0404. The van der Waals surface area contributed by atoms with Gasteiger partial charge in [0, 0.05) is 29.8 Å². The van der Waals surface area contributed by atoms with Crippen LogP contribution in [0.4, 0.5) is 0 Å². The van der Waals surface area contributed by atoms with E-state index in [1.54, 1.807) is 0 Å². The van der Waals surface area contributed by atoms with Crippen LogP contribution in [0.3, 0.4) is 0 Å². The van der Waals surface area contributed by atoms with E-state index < -0.39 is 213 Å². The smallest absolute Gasteiger partial charge is 0.330 e. The Bertz CT molecular complexity index is 3510. The molecule has 1 aromatic heterocycles. The van der Waals surface area contributed by atoms with Gasteiger partial charge in [0.1, 0.15) is 151 Å². The molecule has 5 aliphatic heterocycles. The first kappa shape index (κ1) is 69.3. The molecule has 5 aromatic rings. The highest BCUT2D eigenvalue weighted by Crippen LogP contribution is 2.42. The largest absolute Gasteiger partial charge is 0.508 e. The summed E-state index contributed by atoms with van der Waals surface area (Å²) in [5.74, 6) is -4.96. The highest BCUT2D eigenvalue weighted by Gasteiger charge is 2.57. The number of aliphatic hydroxyl groups excluding tert-OH is 12. The SMILES string of the molecule is C[C@@H]1O[C@@H](Oc2cc(O)c3c(=O)c(O[C@@H]4O[C@@H](C)[C@H](O[C@@H]5OC[C@@H](O)[C@H](O)[C@H]5O)[C@@H](O[C@@H]5O[C@H](COC(=O)C=Cc6ccc(O)cc6)[C@@H](O)[C@H](O)[C@H]5O)[C@H]4O[C@@H]4O[C@H](COC(=O)C=Cc5ccc(O)cc5)[C@@H](O)[C@H](O)[C@H]4O)c(-c4ccc(O)cc4)oc3c2)[C@H](O)[C@H](O)[C@H]1O. The summed E-state index contributed by atoms with van der Waals surface area (Å²) in [5, 5.41) is 174. The molecule has 5 aliphatic rings. The number of esters is 2. The van der Waals surface area contributed by atoms with Gasteiger partial charge in [-0.25, -0.2) is 9.59 Å². The monoisotopic (exact) mass is 1330 g/mol. The zero-order valence-electron chi connectivity index (χ0n) is 49.6. The Morgan fingerprint density at radius 1 is 0.489 bits per heavy atom. The van der Waals surface area contributed by atoms with E-state index in [9.17, 15) is 91.3 Å². The number of benzene rings is 4. The second-order valence-electron chi connectivity index (χ2n) is 22.8. The van der Waals surface area contributed by atoms with Crippen LogP contribution >= 0.6 is 0 Å². The molecule has 5 saturated heterocycles. The third-order valence-corrected chi connectivity index (χ3v) is 16.1. The van der Waals surface area contributed by atoms with Gasteiger partial charge in [-0.3, -0.25) is 4.79 Å². The molecule has 32 nitrogen and oxygen atoms in total. The average Bonchev–Trinajstić information content (AvgIpc) is 0.754. The first-order valence-electron chi connectivity index (χ1n) is 29.4. The molecule has 10 rings (SSSR count). The van der Waals surface area contributed by atoms with Gasteiger partial charge < -0.3 is 143 Å². The maximum Gasteiger partial charge on any atom is 0.330 e. The molecule has 94 heavy (non-hydrogen) atoms. The Hall–Kier alpha value is -7.49. The van der Waals surface area contributed by atoms with Crippen LogP contribution in [-0.2, 0) is 57.0 Å². The molecule has 6 heterocycles. The van der Waals surface area contributed by atoms with Crippen LogP contribution < -0.4 is 14.9 Å². The van der Waals surface area contributed by atoms with Crippen molar-refractivity contribution in [1.29, 1.82) is 0 Å². The molecule has 0 unspecified atom stereocenters. The van der Waals surface area contributed by atoms with Gasteiger partial charge in [0.2, 0.25) is 23.8 Å². The number of hydrogen-bond acceptors (Lipinski definition) is 32. The molecule has 32 heteroatoms. The molecule has 16 N–H and O–H groups in total. The highest BCUT2D eigenvalue weighted by atomic mass is 16.8. The van der Waals surface area contributed by atoms with Gasteiger partial charge in [-0.2, -0.15) is 0 Å². The maximum atomic E-state index is 15.2. The van der Waals surface area contributed by atoms with Gasteiger partial charge in [0.25, 0.3) is 0 Å². The third kappa shape index (κ3) is 15.4. The van der Waals surface area contributed by atoms with Crippen molar-refractivity contribution in [2.45, 2.75) is 161 Å². The van der Waals surface area contributed by atoms with Crippen LogP contribution in [0.5, 0.6) is 34.5 Å². The zero-order chi connectivity index (χ0) is 67.6. The van der Waals surface area contributed by atoms with Gasteiger partial charge >= 0.3 is 11.9 Å². The van der Waals surface area contributed by atoms with Crippen molar-refractivity contribution in [3.05, 3.63) is 118 Å². The fourth-order valence-corrected chi connectivity index (χ4v) is 10.8. The molecule has 5 fully saturated rings. The lowest BCUT2D eigenvalue weighted by Crippen LogP contribution is -2.68. The van der Waals surface area contributed by atoms with Crippen LogP contribution in [0.15, 0.2) is 106 Å². The van der Waals surface area contributed by atoms with Crippen LogP contribution in [0.25, 0.3) is 34.4 Å². The number of aromatic hydroxyl groups is 4. The Labute approximate surface area is 531 Å². The fraction of sp³-hybridized carbons (Fsp3) is 0.468. The summed E-state index contributed by atoms with van der Waals surface area (Å²) < 4.78 is 78.1. The Balaban J connectivity index is 1.05. The Morgan fingerprint density at radius 2 is 0.957 bits per heavy atom. The summed E-state index contributed by atoms with van der Waals surface area (Å²) in [4.78, 5) is 41.3. The number of rotatable bonds is 19. The summed E-state index contributed by atoms with van der Waals surface area (Å²) in [5.41, 5.74) is -0.774.